The summed E-state index contributed by atoms with van der Waals surface area (Å²) < 4.78 is 34.3. The molecule has 0 aliphatic carbocycles. The highest BCUT2D eigenvalue weighted by Crippen LogP contribution is 2.29. The minimum absolute atomic E-state index is 0.181. The van der Waals surface area contributed by atoms with Crippen LogP contribution in [0.15, 0.2) is 12.4 Å². The quantitative estimate of drug-likeness (QED) is 0.827. The van der Waals surface area contributed by atoms with Crippen molar-refractivity contribution in [3.05, 3.63) is 18.0 Å². The number of ether oxygens (including phenoxy) is 1. The third-order valence-electron chi connectivity index (χ3n) is 3.50. The first-order valence-corrected chi connectivity index (χ1v) is 8.85. The van der Waals surface area contributed by atoms with Crippen molar-refractivity contribution in [3.8, 4) is 0 Å². The number of nitrogens with one attached hydrogen (secondary N) is 1. The maximum Gasteiger partial charge on any atom is 0.211 e. The lowest BCUT2D eigenvalue weighted by atomic mass is 10.1. The van der Waals surface area contributed by atoms with Gasteiger partial charge in [0.25, 0.3) is 0 Å². The van der Waals surface area contributed by atoms with Gasteiger partial charge in [0, 0.05) is 24.9 Å². The molecule has 0 radical (unpaired) electrons. The van der Waals surface area contributed by atoms with Crippen molar-refractivity contribution >= 4 is 10.0 Å². The van der Waals surface area contributed by atoms with Crippen molar-refractivity contribution in [1.82, 2.24) is 14.5 Å². The Morgan fingerprint density at radius 2 is 2.30 bits per heavy atom. The molecule has 1 aliphatic rings. The van der Waals surface area contributed by atoms with E-state index >= 15 is 0 Å². The summed E-state index contributed by atoms with van der Waals surface area (Å²) in [5.74, 6) is 0.181. The zero-order valence-corrected chi connectivity index (χ0v) is 12.9. The van der Waals surface area contributed by atoms with Gasteiger partial charge in [0.15, 0.2) is 0 Å². The first-order chi connectivity index (χ1) is 9.55. The second-order valence-electron chi connectivity index (χ2n) is 5.11. The lowest BCUT2D eigenvalue weighted by molar-refractivity contribution is 0.102. The average Bonchev–Trinajstić information content (AvgIpc) is 3.04. The van der Waals surface area contributed by atoms with E-state index in [2.05, 4.69) is 9.82 Å². The van der Waals surface area contributed by atoms with E-state index < -0.39 is 10.0 Å². The van der Waals surface area contributed by atoms with Crippen LogP contribution in [0.2, 0.25) is 0 Å². The largest absolute Gasteiger partial charge is 0.372 e. The molecule has 0 aromatic carbocycles. The van der Waals surface area contributed by atoms with E-state index in [-0.39, 0.29) is 17.9 Å². The Morgan fingerprint density at radius 3 is 2.95 bits per heavy atom. The molecule has 0 saturated carbocycles. The number of aryl methyl sites for hydroxylation is 1. The topological polar surface area (TPSA) is 73.2 Å². The second kappa shape index (κ2) is 6.69. The minimum Gasteiger partial charge on any atom is -0.372 e. The van der Waals surface area contributed by atoms with Crippen LogP contribution in [0.25, 0.3) is 0 Å². The van der Waals surface area contributed by atoms with Crippen molar-refractivity contribution in [3.63, 3.8) is 0 Å². The van der Waals surface area contributed by atoms with Gasteiger partial charge in [-0.25, -0.2) is 13.1 Å². The summed E-state index contributed by atoms with van der Waals surface area (Å²) in [6, 6.07) is -0.189. The predicted molar refractivity (Wildman–Crippen MR) is 76.8 cm³/mol. The van der Waals surface area contributed by atoms with Crippen molar-refractivity contribution in [2.45, 2.75) is 51.8 Å². The number of sulfonamides is 1. The van der Waals surface area contributed by atoms with Gasteiger partial charge < -0.3 is 4.74 Å². The molecular formula is C13H23N3O3S. The number of hydrogen-bond acceptors (Lipinski definition) is 4. The van der Waals surface area contributed by atoms with E-state index in [1.54, 1.807) is 6.20 Å². The summed E-state index contributed by atoms with van der Waals surface area (Å²) in [4.78, 5) is 0. The number of rotatable bonds is 7. The molecule has 0 spiro atoms. The molecule has 1 aromatic rings. The first-order valence-electron chi connectivity index (χ1n) is 7.19. The van der Waals surface area contributed by atoms with E-state index in [0.717, 1.165) is 18.5 Å². The number of unbranched alkanes of at least 4 members (excludes halogenated alkanes) is 1. The molecule has 20 heavy (non-hydrogen) atoms. The molecule has 2 rings (SSSR count). The van der Waals surface area contributed by atoms with Gasteiger partial charge in [-0.1, -0.05) is 13.3 Å². The first kappa shape index (κ1) is 15.5. The van der Waals surface area contributed by atoms with Gasteiger partial charge in [-0.2, -0.15) is 5.10 Å². The Morgan fingerprint density at radius 1 is 1.50 bits per heavy atom. The molecule has 114 valence electrons. The van der Waals surface area contributed by atoms with Gasteiger partial charge >= 0.3 is 0 Å². The Bertz CT molecular complexity index is 527. The predicted octanol–water partition coefficient (Wildman–Crippen LogP) is 1.45. The molecule has 6 nitrogen and oxygen atoms in total. The van der Waals surface area contributed by atoms with Crippen LogP contribution in [0.5, 0.6) is 0 Å². The Kier molecular flexibility index (Phi) is 5.17. The highest BCUT2D eigenvalue weighted by molar-refractivity contribution is 7.89. The SMILES string of the molecule is CCCCS(=O)(=O)N[C@H]1CCO[C@@H]1c1cnn(CC)c1. The number of aromatic nitrogens is 2. The maximum atomic E-state index is 12.0. The number of nitrogens with zero attached hydrogens (tertiary/aromatic N) is 2. The van der Waals surface area contributed by atoms with Crippen molar-refractivity contribution in [2.75, 3.05) is 12.4 Å². The normalized spacial score (nSPS) is 23.3. The van der Waals surface area contributed by atoms with Crippen molar-refractivity contribution in [2.24, 2.45) is 0 Å². The molecule has 0 amide bonds. The summed E-state index contributed by atoms with van der Waals surface area (Å²) in [6.45, 7) is 5.36. The average molecular weight is 301 g/mol. The van der Waals surface area contributed by atoms with Gasteiger partial charge in [-0.3, -0.25) is 4.68 Å². The van der Waals surface area contributed by atoms with Crippen LogP contribution in [0.4, 0.5) is 0 Å². The highest BCUT2D eigenvalue weighted by Gasteiger charge is 2.33. The fourth-order valence-corrected chi connectivity index (χ4v) is 3.85. The molecule has 1 aliphatic heterocycles. The summed E-state index contributed by atoms with van der Waals surface area (Å²) in [6.07, 6.45) is 5.70. The van der Waals surface area contributed by atoms with E-state index in [1.165, 1.54) is 0 Å². The summed E-state index contributed by atoms with van der Waals surface area (Å²) in [5.41, 5.74) is 0.938. The van der Waals surface area contributed by atoms with Crippen LogP contribution < -0.4 is 4.72 Å². The summed E-state index contributed by atoms with van der Waals surface area (Å²) >= 11 is 0. The Hall–Kier alpha value is -0.920. The molecule has 2 atom stereocenters. The van der Waals surface area contributed by atoms with Crippen LogP contribution in [0.1, 0.15) is 44.8 Å². The van der Waals surface area contributed by atoms with E-state index in [9.17, 15) is 8.42 Å². The van der Waals surface area contributed by atoms with E-state index in [0.29, 0.717) is 19.4 Å². The van der Waals surface area contributed by atoms with Gasteiger partial charge in [0.2, 0.25) is 10.0 Å². The van der Waals surface area contributed by atoms with Gasteiger partial charge in [0.1, 0.15) is 6.10 Å². The Labute approximate surface area is 120 Å². The molecule has 1 N–H and O–H groups in total. The van der Waals surface area contributed by atoms with Crippen molar-refractivity contribution in [1.29, 1.82) is 0 Å². The molecule has 1 fully saturated rings. The molecule has 2 heterocycles. The van der Waals surface area contributed by atoms with Crippen molar-refractivity contribution < 1.29 is 13.2 Å². The smallest absolute Gasteiger partial charge is 0.211 e. The summed E-state index contributed by atoms with van der Waals surface area (Å²) in [7, 11) is -3.22. The number of hydrogen-bond donors (Lipinski definition) is 1. The fraction of sp³-hybridized carbons (Fsp3) is 0.769. The minimum atomic E-state index is -3.22. The van der Waals surface area contributed by atoms with Crippen LogP contribution in [-0.2, 0) is 21.3 Å². The van der Waals surface area contributed by atoms with E-state index in [1.807, 2.05) is 24.7 Å². The van der Waals surface area contributed by atoms with Gasteiger partial charge in [-0.15, -0.1) is 0 Å². The second-order valence-corrected chi connectivity index (χ2v) is 6.98. The molecule has 1 saturated heterocycles. The summed E-state index contributed by atoms with van der Waals surface area (Å²) in [5, 5.41) is 4.22. The van der Waals surface area contributed by atoms with E-state index in [4.69, 9.17) is 4.74 Å². The standard InChI is InChI=1S/C13H23N3O3S/c1-3-5-8-20(17,18)15-12-6-7-19-13(12)11-9-14-16(4-2)10-11/h9-10,12-13,15H,3-8H2,1-2H3/t12-,13+/m0/s1. The molecular weight excluding hydrogens is 278 g/mol. The third kappa shape index (κ3) is 3.80. The zero-order valence-electron chi connectivity index (χ0n) is 12.1. The molecule has 7 heteroatoms. The highest BCUT2D eigenvalue weighted by atomic mass is 32.2. The van der Waals surface area contributed by atoms with Crippen LogP contribution in [0.3, 0.4) is 0 Å². The maximum absolute atomic E-state index is 12.0. The molecule has 0 unspecified atom stereocenters. The lowest BCUT2D eigenvalue weighted by Crippen LogP contribution is -2.38. The Balaban J connectivity index is 2.04. The third-order valence-corrected chi connectivity index (χ3v) is 4.98. The monoisotopic (exact) mass is 301 g/mol. The fourth-order valence-electron chi connectivity index (χ4n) is 2.36. The molecule has 1 aromatic heterocycles. The zero-order chi connectivity index (χ0) is 14.6. The lowest BCUT2D eigenvalue weighted by Gasteiger charge is -2.18. The van der Waals surface area contributed by atoms with Crippen LogP contribution in [-0.4, -0.2) is 36.6 Å². The van der Waals surface area contributed by atoms with Gasteiger partial charge in [0.05, 0.1) is 18.0 Å². The van der Waals surface area contributed by atoms with Crippen LogP contribution >= 0.6 is 0 Å². The van der Waals surface area contributed by atoms with Crippen LogP contribution in [0, 0.1) is 0 Å². The van der Waals surface area contributed by atoms with Gasteiger partial charge in [-0.05, 0) is 19.8 Å². The molecule has 0 bridgehead atoms.